The molecule has 100 valence electrons. The average molecular weight is 249 g/mol. The van der Waals surface area contributed by atoms with Crippen LogP contribution in [0.25, 0.3) is 0 Å². The normalized spacial score (nSPS) is 13.1. The fraction of sp³-hybridized carbons (Fsp3) is 0.533. The number of nitrogens with zero attached hydrogens (tertiary/aromatic N) is 1. The quantitative estimate of drug-likeness (QED) is 0.786. The fourth-order valence-electron chi connectivity index (χ4n) is 1.91. The van der Waals surface area contributed by atoms with Gasteiger partial charge < -0.3 is 5.11 Å². The van der Waals surface area contributed by atoms with Crippen LogP contribution in [-0.2, 0) is 0 Å². The first-order valence-corrected chi connectivity index (χ1v) is 6.40. The molecule has 0 saturated carbocycles. The Morgan fingerprint density at radius 1 is 1.22 bits per heavy atom. The van der Waals surface area contributed by atoms with Crippen molar-refractivity contribution < 1.29 is 9.90 Å². The van der Waals surface area contributed by atoms with E-state index in [9.17, 15) is 9.90 Å². The molecule has 0 bridgehead atoms. The van der Waals surface area contributed by atoms with Gasteiger partial charge >= 0.3 is 0 Å². The predicted molar refractivity (Wildman–Crippen MR) is 74.0 cm³/mol. The van der Waals surface area contributed by atoms with Gasteiger partial charge in [-0.05, 0) is 25.5 Å². The predicted octanol–water partition coefficient (Wildman–Crippen LogP) is 2.31. The van der Waals surface area contributed by atoms with Gasteiger partial charge in [-0.15, -0.1) is 0 Å². The summed E-state index contributed by atoms with van der Waals surface area (Å²) in [6.07, 6.45) is -0.411. The number of Topliss-reactive ketones (excluding diaryl/α,β-unsaturated/α-hetero) is 1. The van der Waals surface area contributed by atoms with Crippen LogP contribution in [0.4, 0.5) is 0 Å². The Balaban J connectivity index is 2.61. The lowest BCUT2D eigenvalue weighted by molar-refractivity contribution is 0.0901. The van der Waals surface area contributed by atoms with Crippen LogP contribution in [0, 0.1) is 0 Å². The SMILES string of the molecule is CC(O)CN(C)CC(=O)c1ccc(C(C)C)cc1. The summed E-state index contributed by atoms with van der Waals surface area (Å²) in [6.45, 7) is 6.83. The van der Waals surface area contributed by atoms with Crippen LogP contribution in [0.15, 0.2) is 24.3 Å². The molecule has 1 rings (SSSR count). The second kappa shape index (κ2) is 6.66. The van der Waals surface area contributed by atoms with Crippen LogP contribution in [0.3, 0.4) is 0 Å². The summed E-state index contributed by atoms with van der Waals surface area (Å²) in [5, 5.41) is 9.25. The van der Waals surface area contributed by atoms with Crippen molar-refractivity contribution in [2.75, 3.05) is 20.1 Å². The van der Waals surface area contributed by atoms with Crippen molar-refractivity contribution in [3.8, 4) is 0 Å². The lowest BCUT2D eigenvalue weighted by atomic mass is 10.0. The summed E-state index contributed by atoms with van der Waals surface area (Å²) in [4.78, 5) is 13.8. The van der Waals surface area contributed by atoms with Crippen molar-refractivity contribution in [1.82, 2.24) is 4.90 Å². The third kappa shape index (κ3) is 4.59. The minimum absolute atomic E-state index is 0.0912. The molecule has 0 aliphatic heterocycles. The topological polar surface area (TPSA) is 40.5 Å². The monoisotopic (exact) mass is 249 g/mol. The zero-order valence-corrected chi connectivity index (χ0v) is 11.7. The first-order valence-electron chi connectivity index (χ1n) is 6.40. The van der Waals surface area contributed by atoms with Crippen molar-refractivity contribution in [3.05, 3.63) is 35.4 Å². The number of rotatable bonds is 6. The average Bonchev–Trinajstić information content (AvgIpc) is 2.27. The lowest BCUT2D eigenvalue weighted by Crippen LogP contribution is -2.32. The van der Waals surface area contributed by atoms with Crippen LogP contribution in [0.2, 0.25) is 0 Å². The molecular formula is C15H23NO2. The maximum Gasteiger partial charge on any atom is 0.176 e. The molecule has 1 unspecified atom stereocenters. The number of carbonyl (C=O) groups is 1. The number of ketones is 1. The standard InChI is InChI=1S/C15H23NO2/c1-11(2)13-5-7-14(8-6-13)15(18)10-16(4)9-12(3)17/h5-8,11-12,17H,9-10H2,1-4H3. The molecule has 0 aromatic heterocycles. The molecule has 3 nitrogen and oxygen atoms in total. The second-order valence-corrected chi connectivity index (χ2v) is 5.25. The highest BCUT2D eigenvalue weighted by molar-refractivity contribution is 5.97. The van der Waals surface area contributed by atoms with Gasteiger partial charge in [0.1, 0.15) is 0 Å². The van der Waals surface area contributed by atoms with Crippen molar-refractivity contribution in [2.24, 2.45) is 0 Å². The molecule has 0 saturated heterocycles. The first-order chi connectivity index (χ1) is 8.40. The van der Waals surface area contributed by atoms with Gasteiger partial charge in [0.25, 0.3) is 0 Å². The molecule has 3 heteroatoms. The molecule has 0 amide bonds. The minimum atomic E-state index is -0.411. The van der Waals surface area contributed by atoms with Gasteiger partial charge in [0.15, 0.2) is 5.78 Å². The number of likely N-dealkylation sites (N-methyl/N-ethyl adjacent to an activating group) is 1. The summed E-state index contributed by atoms with van der Waals surface area (Å²) in [7, 11) is 1.84. The van der Waals surface area contributed by atoms with Gasteiger partial charge in [0.05, 0.1) is 12.6 Å². The van der Waals surface area contributed by atoms with Crippen LogP contribution >= 0.6 is 0 Å². The third-order valence-electron chi connectivity index (χ3n) is 2.89. The highest BCUT2D eigenvalue weighted by atomic mass is 16.3. The maximum absolute atomic E-state index is 12.0. The molecule has 1 aromatic carbocycles. The Hall–Kier alpha value is -1.19. The number of benzene rings is 1. The van der Waals surface area contributed by atoms with E-state index in [1.807, 2.05) is 36.2 Å². The number of carbonyl (C=O) groups excluding carboxylic acids is 1. The Kier molecular flexibility index (Phi) is 5.51. The Labute approximate surface area is 109 Å². The molecule has 0 heterocycles. The molecule has 0 fully saturated rings. The number of hydrogen-bond acceptors (Lipinski definition) is 3. The van der Waals surface area contributed by atoms with Crippen molar-refractivity contribution >= 4 is 5.78 Å². The summed E-state index contributed by atoms with van der Waals surface area (Å²) in [5.74, 6) is 0.570. The van der Waals surface area contributed by atoms with E-state index >= 15 is 0 Å². The number of hydrogen-bond donors (Lipinski definition) is 1. The second-order valence-electron chi connectivity index (χ2n) is 5.25. The van der Waals surface area contributed by atoms with Crippen molar-refractivity contribution in [2.45, 2.75) is 32.8 Å². The molecule has 0 spiro atoms. The van der Waals surface area contributed by atoms with E-state index in [1.165, 1.54) is 5.56 Å². The molecular weight excluding hydrogens is 226 g/mol. The first kappa shape index (κ1) is 14.9. The molecule has 0 aliphatic carbocycles. The third-order valence-corrected chi connectivity index (χ3v) is 2.89. The van der Waals surface area contributed by atoms with E-state index in [1.54, 1.807) is 6.92 Å². The van der Waals surface area contributed by atoms with Gasteiger partial charge in [-0.2, -0.15) is 0 Å². The van der Waals surface area contributed by atoms with E-state index in [-0.39, 0.29) is 5.78 Å². The largest absolute Gasteiger partial charge is 0.392 e. The highest BCUT2D eigenvalue weighted by Crippen LogP contribution is 2.15. The minimum Gasteiger partial charge on any atom is -0.392 e. The van der Waals surface area contributed by atoms with E-state index in [0.717, 1.165) is 5.56 Å². The van der Waals surface area contributed by atoms with Crippen LogP contribution in [0.5, 0.6) is 0 Å². The van der Waals surface area contributed by atoms with Crippen molar-refractivity contribution in [3.63, 3.8) is 0 Å². The molecule has 0 aliphatic rings. The smallest absolute Gasteiger partial charge is 0.176 e. The van der Waals surface area contributed by atoms with Crippen molar-refractivity contribution in [1.29, 1.82) is 0 Å². The van der Waals surface area contributed by atoms with Gasteiger partial charge in [0.2, 0.25) is 0 Å². The number of aliphatic hydroxyl groups is 1. The Morgan fingerprint density at radius 3 is 2.22 bits per heavy atom. The zero-order valence-electron chi connectivity index (χ0n) is 11.7. The Bertz CT molecular complexity index is 382. The molecule has 0 radical (unpaired) electrons. The fourth-order valence-corrected chi connectivity index (χ4v) is 1.91. The lowest BCUT2D eigenvalue weighted by Gasteiger charge is -2.17. The van der Waals surface area contributed by atoms with Gasteiger partial charge in [-0.3, -0.25) is 9.69 Å². The zero-order chi connectivity index (χ0) is 13.7. The van der Waals surface area contributed by atoms with Crippen LogP contribution < -0.4 is 0 Å². The van der Waals surface area contributed by atoms with E-state index in [2.05, 4.69) is 13.8 Å². The van der Waals surface area contributed by atoms with E-state index in [0.29, 0.717) is 19.0 Å². The summed E-state index contributed by atoms with van der Waals surface area (Å²) in [6, 6.07) is 7.78. The summed E-state index contributed by atoms with van der Waals surface area (Å²) in [5.41, 5.74) is 1.97. The molecule has 18 heavy (non-hydrogen) atoms. The van der Waals surface area contributed by atoms with Gasteiger partial charge in [-0.25, -0.2) is 0 Å². The van der Waals surface area contributed by atoms with Crippen LogP contribution in [-0.4, -0.2) is 42.0 Å². The summed E-state index contributed by atoms with van der Waals surface area (Å²) >= 11 is 0. The number of aliphatic hydroxyl groups excluding tert-OH is 1. The molecule has 1 N–H and O–H groups in total. The van der Waals surface area contributed by atoms with E-state index in [4.69, 9.17) is 0 Å². The molecule has 1 atom stereocenters. The maximum atomic E-state index is 12.0. The van der Waals surface area contributed by atoms with Crippen LogP contribution in [0.1, 0.15) is 42.6 Å². The molecule has 1 aromatic rings. The highest BCUT2D eigenvalue weighted by Gasteiger charge is 2.11. The van der Waals surface area contributed by atoms with Gasteiger partial charge in [-0.1, -0.05) is 38.1 Å². The van der Waals surface area contributed by atoms with Gasteiger partial charge in [0, 0.05) is 12.1 Å². The Morgan fingerprint density at radius 2 is 1.78 bits per heavy atom. The summed E-state index contributed by atoms with van der Waals surface area (Å²) < 4.78 is 0. The van der Waals surface area contributed by atoms with E-state index < -0.39 is 6.10 Å².